The summed E-state index contributed by atoms with van der Waals surface area (Å²) < 4.78 is 7.09. The molecular weight excluding hydrogens is 358 g/mol. The van der Waals surface area contributed by atoms with Gasteiger partial charge in [0, 0.05) is 25.9 Å². The number of fused-ring (bicyclic) bond motifs is 1. The normalized spacial score (nSPS) is 16.4. The van der Waals surface area contributed by atoms with E-state index < -0.39 is 0 Å². The molecule has 3 aromatic rings. The molecule has 1 saturated heterocycles. The second kappa shape index (κ2) is 7.30. The van der Waals surface area contributed by atoms with Crippen molar-refractivity contribution in [1.29, 1.82) is 0 Å². The van der Waals surface area contributed by atoms with Crippen LogP contribution in [-0.2, 0) is 4.79 Å². The van der Waals surface area contributed by atoms with Crippen molar-refractivity contribution < 1.29 is 14.3 Å². The van der Waals surface area contributed by atoms with E-state index in [1.807, 2.05) is 33.7 Å². The van der Waals surface area contributed by atoms with Crippen LogP contribution in [0.2, 0.25) is 0 Å². The average molecular weight is 379 g/mol. The highest BCUT2D eigenvalue weighted by atomic mass is 16.5. The Morgan fingerprint density at radius 3 is 2.89 bits per heavy atom. The molecule has 0 spiro atoms. The molecule has 4 rings (SSSR count). The number of amides is 2. The average Bonchev–Trinajstić information content (AvgIpc) is 3.33. The summed E-state index contributed by atoms with van der Waals surface area (Å²) in [4.78, 5) is 35.6. The summed E-state index contributed by atoms with van der Waals surface area (Å²) in [5, 5.41) is 2.82. The Balaban J connectivity index is 1.74. The number of aromatic nitrogens is 3. The van der Waals surface area contributed by atoms with Crippen molar-refractivity contribution in [2.75, 3.05) is 19.0 Å². The SMILES string of the molecule is COc1ncccc1NC(=O)c1nc([C@@H]2CCCN2C(C)=O)n2ccccc12. The van der Waals surface area contributed by atoms with Crippen molar-refractivity contribution in [3.8, 4) is 5.88 Å². The molecule has 8 heteroatoms. The molecule has 1 fully saturated rings. The lowest BCUT2D eigenvalue weighted by Gasteiger charge is -2.22. The van der Waals surface area contributed by atoms with E-state index in [1.54, 1.807) is 25.3 Å². The van der Waals surface area contributed by atoms with Crippen LogP contribution in [0.15, 0.2) is 42.7 Å². The zero-order chi connectivity index (χ0) is 19.7. The van der Waals surface area contributed by atoms with Crippen LogP contribution in [0.25, 0.3) is 5.52 Å². The van der Waals surface area contributed by atoms with Crippen LogP contribution >= 0.6 is 0 Å². The Morgan fingerprint density at radius 2 is 2.11 bits per heavy atom. The van der Waals surface area contributed by atoms with Crippen molar-refractivity contribution in [1.82, 2.24) is 19.3 Å². The fraction of sp³-hybridized carbons (Fsp3) is 0.300. The standard InChI is InChI=1S/C20H21N5O3/c1-13(26)24-12-6-9-16(24)18-23-17(15-8-3-4-11-25(15)18)19(27)22-14-7-5-10-21-20(14)28-2/h3-5,7-8,10-11,16H,6,9,12H2,1-2H3,(H,22,27)/t16-/m0/s1. The predicted molar refractivity (Wildman–Crippen MR) is 103 cm³/mol. The van der Waals surface area contributed by atoms with E-state index in [2.05, 4.69) is 15.3 Å². The van der Waals surface area contributed by atoms with Crippen LogP contribution in [0.4, 0.5) is 5.69 Å². The summed E-state index contributed by atoms with van der Waals surface area (Å²) in [6.07, 6.45) is 5.20. The number of nitrogens with one attached hydrogen (secondary N) is 1. The van der Waals surface area contributed by atoms with Gasteiger partial charge in [0.1, 0.15) is 11.5 Å². The number of nitrogens with zero attached hydrogens (tertiary/aromatic N) is 4. The zero-order valence-corrected chi connectivity index (χ0v) is 15.8. The number of hydrogen-bond donors (Lipinski definition) is 1. The van der Waals surface area contributed by atoms with E-state index in [4.69, 9.17) is 4.74 Å². The van der Waals surface area contributed by atoms with Gasteiger partial charge in [-0.2, -0.15) is 0 Å². The third-order valence-corrected chi connectivity index (χ3v) is 4.96. The Morgan fingerprint density at radius 1 is 1.25 bits per heavy atom. The second-order valence-corrected chi connectivity index (χ2v) is 6.66. The molecule has 1 N–H and O–H groups in total. The molecule has 0 bridgehead atoms. The van der Waals surface area contributed by atoms with Crippen molar-refractivity contribution in [2.24, 2.45) is 0 Å². The Bertz CT molecular complexity index is 1050. The number of likely N-dealkylation sites (tertiary alicyclic amines) is 1. The summed E-state index contributed by atoms with van der Waals surface area (Å²) in [6, 6.07) is 8.90. The largest absolute Gasteiger partial charge is 0.480 e. The quantitative estimate of drug-likeness (QED) is 0.753. The van der Waals surface area contributed by atoms with Crippen LogP contribution in [0, 0.1) is 0 Å². The van der Waals surface area contributed by atoms with E-state index in [1.165, 1.54) is 7.11 Å². The van der Waals surface area contributed by atoms with Crippen molar-refractivity contribution in [3.63, 3.8) is 0 Å². The molecule has 144 valence electrons. The summed E-state index contributed by atoms with van der Waals surface area (Å²) >= 11 is 0. The number of ether oxygens (including phenoxy) is 1. The summed E-state index contributed by atoms with van der Waals surface area (Å²) in [5.74, 6) is 0.694. The van der Waals surface area contributed by atoms with Crippen LogP contribution in [0.1, 0.15) is 42.1 Å². The molecule has 28 heavy (non-hydrogen) atoms. The lowest BCUT2D eigenvalue weighted by atomic mass is 10.2. The van der Waals surface area contributed by atoms with Gasteiger partial charge in [-0.15, -0.1) is 0 Å². The summed E-state index contributed by atoms with van der Waals surface area (Å²) in [6.45, 7) is 2.27. The monoisotopic (exact) mass is 379 g/mol. The maximum absolute atomic E-state index is 13.0. The van der Waals surface area contributed by atoms with Gasteiger partial charge in [-0.1, -0.05) is 6.07 Å². The molecule has 1 atom stereocenters. The number of carbonyl (C=O) groups excluding carboxylic acids is 2. The van der Waals surface area contributed by atoms with E-state index >= 15 is 0 Å². The van der Waals surface area contributed by atoms with E-state index in [-0.39, 0.29) is 17.9 Å². The van der Waals surface area contributed by atoms with Gasteiger partial charge in [-0.25, -0.2) is 9.97 Å². The lowest BCUT2D eigenvalue weighted by Crippen LogP contribution is -2.29. The molecule has 0 aromatic carbocycles. The number of hydrogen-bond acceptors (Lipinski definition) is 5. The maximum Gasteiger partial charge on any atom is 0.276 e. The molecule has 0 unspecified atom stereocenters. The van der Waals surface area contributed by atoms with Crippen LogP contribution in [-0.4, -0.2) is 44.7 Å². The second-order valence-electron chi connectivity index (χ2n) is 6.66. The minimum atomic E-state index is -0.353. The third-order valence-electron chi connectivity index (χ3n) is 4.96. The van der Waals surface area contributed by atoms with Crippen LogP contribution in [0.5, 0.6) is 5.88 Å². The van der Waals surface area contributed by atoms with Crippen molar-refractivity contribution >= 4 is 23.0 Å². The Labute approximate surface area is 162 Å². The number of rotatable bonds is 4. The Kier molecular flexibility index (Phi) is 4.68. The van der Waals surface area contributed by atoms with Gasteiger partial charge in [0.25, 0.3) is 5.91 Å². The highest BCUT2D eigenvalue weighted by Gasteiger charge is 2.32. The number of anilines is 1. The van der Waals surface area contributed by atoms with Gasteiger partial charge in [0.2, 0.25) is 11.8 Å². The predicted octanol–water partition coefficient (Wildman–Crippen LogP) is 2.67. The van der Waals surface area contributed by atoms with Crippen LogP contribution < -0.4 is 10.1 Å². The zero-order valence-electron chi connectivity index (χ0n) is 15.8. The molecule has 2 amide bonds. The van der Waals surface area contributed by atoms with Gasteiger partial charge in [-0.3, -0.25) is 9.59 Å². The third kappa shape index (κ3) is 3.06. The van der Waals surface area contributed by atoms with E-state index in [0.717, 1.165) is 12.8 Å². The fourth-order valence-corrected chi connectivity index (χ4v) is 3.71. The first kappa shape index (κ1) is 18.0. The highest BCUT2D eigenvalue weighted by molar-refractivity contribution is 6.08. The molecule has 4 heterocycles. The van der Waals surface area contributed by atoms with Crippen LogP contribution in [0.3, 0.4) is 0 Å². The summed E-state index contributed by atoms with van der Waals surface area (Å²) in [5.41, 5.74) is 1.46. The van der Waals surface area contributed by atoms with Gasteiger partial charge in [-0.05, 0) is 37.1 Å². The first-order valence-electron chi connectivity index (χ1n) is 9.14. The van der Waals surface area contributed by atoms with E-state index in [0.29, 0.717) is 35.1 Å². The fourth-order valence-electron chi connectivity index (χ4n) is 3.71. The van der Waals surface area contributed by atoms with Gasteiger partial charge >= 0.3 is 0 Å². The molecule has 3 aromatic heterocycles. The summed E-state index contributed by atoms with van der Waals surface area (Å²) in [7, 11) is 1.50. The topological polar surface area (TPSA) is 88.8 Å². The smallest absolute Gasteiger partial charge is 0.276 e. The van der Waals surface area contributed by atoms with Crippen molar-refractivity contribution in [2.45, 2.75) is 25.8 Å². The lowest BCUT2D eigenvalue weighted by molar-refractivity contribution is -0.129. The van der Waals surface area contributed by atoms with Gasteiger partial charge in [0.15, 0.2) is 5.69 Å². The number of imidazole rings is 1. The molecule has 1 aliphatic rings. The molecule has 0 saturated carbocycles. The van der Waals surface area contributed by atoms with Gasteiger partial charge < -0.3 is 19.4 Å². The molecule has 8 nitrogen and oxygen atoms in total. The number of carbonyl (C=O) groups is 2. The van der Waals surface area contributed by atoms with E-state index in [9.17, 15) is 9.59 Å². The minimum absolute atomic E-state index is 0.0151. The molecule has 0 radical (unpaired) electrons. The number of pyridine rings is 2. The van der Waals surface area contributed by atoms with Crippen molar-refractivity contribution in [3.05, 3.63) is 54.2 Å². The molecule has 1 aliphatic heterocycles. The van der Waals surface area contributed by atoms with Gasteiger partial charge in [0.05, 0.1) is 18.7 Å². The Hall–Kier alpha value is -3.42. The molecular formula is C20H21N5O3. The number of methoxy groups -OCH3 is 1. The maximum atomic E-state index is 13.0. The molecule has 0 aliphatic carbocycles. The first-order chi connectivity index (χ1) is 13.6. The highest BCUT2D eigenvalue weighted by Crippen LogP contribution is 2.33. The minimum Gasteiger partial charge on any atom is -0.480 e. The first-order valence-corrected chi connectivity index (χ1v) is 9.14.